The number of anilines is 1. The first-order chi connectivity index (χ1) is 9.47. The van der Waals surface area contributed by atoms with Gasteiger partial charge in [-0.1, -0.05) is 18.2 Å². The van der Waals surface area contributed by atoms with Gasteiger partial charge in [0.1, 0.15) is 6.54 Å². The zero-order valence-electron chi connectivity index (χ0n) is 11.1. The predicted molar refractivity (Wildman–Crippen MR) is 69.5 cm³/mol. The number of hydrogen-bond acceptors (Lipinski definition) is 4. The van der Waals surface area contributed by atoms with E-state index in [-0.39, 0.29) is 0 Å². The Kier molecular flexibility index (Phi) is 3.60. The van der Waals surface area contributed by atoms with Gasteiger partial charge in [0.25, 0.3) is 0 Å². The van der Waals surface area contributed by atoms with Gasteiger partial charge in [-0.15, -0.1) is 0 Å². The van der Waals surface area contributed by atoms with Crippen LogP contribution in [0.3, 0.4) is 0 Å². The van der Waals surface area contributed by atoms with Gasteiger partial charge in [-0.05, 0) is 18.6 Å². The number of hydrogen-bond donors (Lipinski definition) is 1. The lowest BCUT2D eigenvalue weighted by Crippen LogP contribution is -2.52. The van der Waals surface area contributed by atoms with Crippen molar-refractivity contribution in [2.24, 2.45) is 0 Å². The van der Waals surface area contributed by atoms with Crippen LogP contribution in [0.4, 0.5) is 15.3 Å². The molecule has 7 nitrogen and oxygen atoms in total. The summed E-state index contributed by atoms with van der Waals surface area (Å²) in [5.41, 5.74) is 1.19. The third-order valence-electron chi connectivity index (χ3n) is 3.17. The Labute approximate surface area is 115 Å². The number of aliphatic carboxylic acids is 1. The lowest BCUT2D eigenvalue weighted by molar-refractivity contribution is -0.135. The molecule has 106 valence electrons. The third-order valence-corrected chi connectivity index (χ3v) is 3.17. The number of urea groups is 1. The average Bonchev–Trinajstić information content (AvgIpc) is 2.43. The molecule has 0 saturated carbocycles. The maximum Gasteiger partial charge on any atom is 0.418 e. The van der Waals surface area contributed by atoms with Gasteiger partial charge >= 0.3 is 18.1 Å². The van der Waals surface area contributed by atoms with Gasteiger partial charge in [0.2, 0.25) is 0 Å². The first-order valence-corrected chi connectivity index (χ1v) is 5.96. The zero-order valence-corrected chi connectivity index (χ0v) is 11.1. The fraction of sp³-hybridized carbons (Fsp3) is 0.308. The number of carboxylic acids is 1. The van der Waals surface area contributed by atoms with Crippen molar-refractivity contribution in [2.75, 3.05) is 18.6 Å². The first-order valence-electron chi connectivity index (χ1n) is 5.96. The van der Waals surface area contributed by atoms with Gasteiger partial charge in [-0.25, -0.2) is 14.5 Å². The quantitative estimate of drug-likeness (QED) is 0.891. The van der Waals surface area contributed by atoms with E-state index >= 15 is 0 Å². The molecule has 1 aromatic rings. The fourth-order valence-corrected chi connectivity index (χ4v) is 2.25. The van der Waals surface area contributed by atoms with Crippen molar-refractivity contribution in [1.82, 2.24) is 4.90 Å². The molecule has 3 amide bonds. The Morgan fingerprint density at radius 3 is 2.60 bits per heavy atom. The summed E-state index contributed by atoms with van der Waals surface area (Å²) in [7, 11) is 1.17. The van der Waals surface area contributed by atoms with E-state index in [1.807, 2.05) is 0 Å². The van der Waals surface area contributed by atoms with Crippen LogP contribution in [0.25, 0.3) is 0 Å². The molecule has 1 aromatic carbocycles. The lowest BCUT2D eigenvalue weighted by Gasteiger charge is -2.38. The number of imide groups is 1. The maximum absolute atomic E-state index is 12.3. The monoisotopic (exact) mass is 278 g/mol. The van der Waals surface area contributed by atoms with Gasteiger partial charge in [0.15, 0.2) is 0 Å². The molecule has 0 fully saturated rings. The van der Waals surface area contributed by atoms with Crippen LogP contribution in [-0.4, -0.2) is 41.8 Å². The number of nitrogens with zero attached hydrogens (tertiary/aromatic N) is 2. The van der Waals surface area contributed by atoms with Crippen molar-refractivity contribution in [2.45, 2.75) is 13.0 Å². The average molecular weight is 278 g/mol. The summed E-state index contributed by atoms with van der Waals surface area (Å²) in [6.45, 7) is 1.17. The maximum atomic E-state index is 12.3. The summed E-state index contributed by atoms with van der Waals surface area (Å²) in [6, 6.07) is 5.65. The lowest BCUT2D eigenvalue weighted by atomic mass is 10.0. The molecule has 1 aliphatic rings. The highest BCUT2D eigenvalue weighted by Crippen LogP contribution is 2.36. The molecule has 0 aromatic heterocycles. The second kappa shape index (κ2) is 5.20. The Hall–Kier alpha value is -2.57. The van der Waals surface area contributed by atoms with E-state index in [2.05, 4.69) is 4.74 Å². The van der Waals surface area contributed by atoms with Crippen LogP contribution in [0.1, 0.15) is 18.5 Å². The zero-order chi connectivity index (χ0) is 14.9. The number of carboxylic acid groups (broad SMARTS) is 1. The Balaban J connectivity index is 2.52. The summed E-state index contributed by atoms with van der Waals surface area (Å²) >= 11 is 0. The number of para-hydroxylation sites is 1. The molecular formula is C13H14N2O5. The molecule has 0 radical (unpaired) electrons. The van der Waals surface area contributed by atoms with Crippen LogP contribution >= 0.6 is 0 Å². The third kappa shape index (κ3) is 2.18. The molecule has 1 atom stereocenters. The van der Waals surface area contributed by atoms with E-state index in [1.165, 1.54) is 7.11 Å². The van der Waals surface area contributed by atoms with Crippen molar-refractivity contribution >= 4 is 23.8 Å². The molecule has 7 heteroatoms. The standard InChI is InChI=1S/C13H14N2O5/c1-8-9-5-3-4-6-10(9)14(7-11(16)17)12(18)15(8)13(19)20-2/h3-6,8H,7H2,1-2H3,(H,16,17). The van der Waals surface area contributed by atoms with E-state index in [0.717, 1.165) is 9.80 Å². The van der Waals surface area contributed by atoms with Crippen LogP contribution in [0, 0.1) is 0 Å². The molecule has 1 heterocycles. The minimum absolute atomic E-state index is 0.493. The second-order valence-corrected chi connectivity index (χ2v) is 4.34. The van der Waals surface area contributed by atoms with Crippen LogP contribution in [0.5, 0.6) is 0 Å². The molecule has 1 aliphatic heterocycles. The topological polar surface area (TPSA) is 87.2 Å². The van der Waals surface area contributed by atoms with E-state index in [1.54, 1.807) is 31.2 Å². The number of amides is 3. The van der Waals surface area contributed by atoms with Crippen molar-refractivity contribution < 1.29 is 24.2 Å². The summed E-state index contributed by atoms with van der Waals surface area (Å²) in [5.74, 6) is -1.16. The number of fused-ring (bicyclic) bond motifs is 1. The van der Waals surface area contributed by atoms with E-state index in [4.69, 9.17) is 5.11 Å². The van der Waals surface area contributed by atoms with Gasteiger partial charge in [0, 0.05) is 0 Å². The first kappa shape index (κ1) is 13.9. The van der Waals surface area contributed by atoms with Crippen LogP contribution in [-0.2, 0) is 9.53 Å². The van der Waals surface area contributed by atoms with Crippen molar-refractivity contribution in [1.29, 1.82) is 0 Å². The van der Waals surface area contributed by atoms with Crippen molar-refractivity contribution in [3.63, 3.8) is 0 Å². The number of carbonyl (C=O) groups is 3. The molecule has 0 aliphatic carbocycles. The Morgan fingerprint density at radius 2 is 2.00 bits per heavy atom. The van der Waals surface area contributed by atoms with E-state index < -0.39 is 30.7 Å². The summed E-state index contributed by atoms with van der Waals surface area (Å²) in [6.07, 6.45) is -0.813. The predicted octanol–water partition coefficient (Wildman–Crippen LogP) is 1.84. The highest BCUT2D eigenvalue weighted by molar-refractivity contribution is 6.05. The number of rotatable bonds is 2. The summed E-state index contributed by atoms with van der Waals surface area (Å²) in [5, 5.41) is 8.93. The van der Waals surface area contributed by atoms with E-state index in [0.29, 0.717) is 11.3 Å². The minimum Gasteiger partial charge on any atom is -0.480 e. The molecule has 0 bridgehead atoms. The molecule has 0 saturated heterocycles. The van der Waals surface area contributed by atoms with Gasteiger partial charge < -0.3 is 9.84 Å². The smallest absolute Gasteiger partial charge is 0.418 e. The summed E-state index contributed by atoms with van der Waals surface area (Å²) < 4.78 is 4.59. The number of benzene rings is 1. The van der Waals surface area contributed by atoms with Gasteiger partial charge in [0.05, 0.1) is 18.8 Å². The van der Waals surface area contributed by atoms with Crippen LogP contribution < -0.4 is 4.90 Å². The largest absolute Gasteiger partial charge is 0.480 e. The van der Waals surface area contributed by atoms with Crippen molar-refractivity contribution in [3.8, 4) is 0 Å². The van der Waals surface area contributed by atoms with Gasteiger partial charge in [-0.3, -0.25) is 9.69 Å². The van der Waals surface area contributed by atoms with Crippen molar-refractivity contribution in [3.05, 3.63) is 29.8 Å². The molecule has 2 rings (SSSR count). The second-order valence-electron chi connectivity index (χ2n) is 4.34. The highest BCUT2D eigenvalue weighted by Gasteiger charge is 2.40. The number of methoxy groups -OCH3 is 1. The normalized spacial score (nSPS) is 17.7. The molecule has 20 heavy (non-hydrogen) atoms. The molecule has 1 unspecified atom stereocenters. The molecule has 1 N–H and O–H groups in total. The SMILES string of the molecule is COC(=O)N1C(=O)N(CC(=O)O)c2ccccc2C1C. The van der Waals surface area contributed by atoms with E-state index in [9.17, 15) is 14.4 Å². The van der Waals surface area contributed by atoms with Crippen LogP contribution in [0.2, 0.25) is 0 Å². The minimum atomic E-state index is -1.16. The fourth-order valence-electron chi connectivity index (χ4n) is 2.25. The number of ether oxygens (including phenoxy) is 1. The van der Waals surface area contributed by atoms with Gasteiger partial charge in [-0.2, -0.15) is 0 Å². The Bertz CT molecular complexity index is 572. The molecule has 0 spiro atoms. The highest BCUT2D eigenvalue weighted by atomic mass is 16.5. The van der Waals surface area contributed by atoms with Crippen LogP contribution in [0.15, 0.2) is 24.3 Å². The number of carbonyl (C=O) groups excluding carboxylic acids is 2. The Morgan fingerprint density at radius 1 is 1.35 bits per heavy atom. The summed E-state index contributed by atoms with van der Waals surface area (Å²) in [4.78, 5) is 36.9. The molecular weight excluding hydrogens is 264 g/mol.